The third-order valence-corrected chi connectivity index (χ3v) is 5.45. The Morgan fingerprint density at radius 3 is 2.28 bits per heavy atom. The molecular weight excluding hydrogens is 304 g/mol. The molecule has 1 aliphatic carbocycles. The fourth-order valence-corrected chi connectivity index (χ4v) is 3.94. The fraction of sp³-hybridized carbons (Fsp3) is 0.167. The molecular formula is C24H20O. The molecule has 1 aliphatic rings. The van der Waals surface area contributed by atoms with Crippen molar-refractivity contribution in [3.8, 4) is 22.5 Å². The van der Waals surface area contributed by atoms with Crippen LogP contribution in [0.15, 0.2) is 59.0 Å². The van der Waals surface area contributed by atoms with Gasteiger partial charge in [0, 0.05) is 10.9 Å². The van der Waals surface area contributed by atoms with Gasteiger partial charge in [0.25, 0.3) is 0 Å². The van der Waals surface area contributed by atoms with E-state index in [0.29, 0.717) is 0 Å². The fourth-order valence-electron chi connectivity index (χ4n) is 3.94. The lowest BCUT2D eigenvalue weighted by atomic mass is 10.0. The number of hydrogen-bond acceptors (Lipinski definition) is 1. The van der Waals surface area contributed by atoms with Crippen molar-refractivity contribution in [1.82, 2.24) is 0 Å². The third kappa shape index (κ3) is 2.23. The lowest BCUT2D eigenvalue weighted by Crippen LogP contribution is -1.82. The van der Waals surface area contributed by atoms with Crippen LogP contribution in [0.25, 0.3) is 33.4 Å². The van der Waals surface area contributed by atoms with Crippen molar-refractivity contribution in [1.29, 1.82) is 0 Å². The van der Waals surface area contributed by atoms with Crippen LogP contribution >= 0.6 is 0 Å². The molecule has 0 amide bonds. The van der Waals surface area contributed by atoms with Crippen molar-refractivity contribution in [3.05, 3.63) is 82.4 Å². The Kier molecular flexibility index (Phi) is 2.96. The predicted molar refractivity (Wildman–Crippen MR) is 104 cm³/mol. The molecule has 4 aromatic rings. The largest absolute Gasteiger partial charge is 0.456 e. The van der Waals surface area contributed by atoms with Gasteiger partial charge in [0.2, 0.25) is 0 Å². The van der Waals surface area contributed by atoms with E-state index in [2.05, 4.69) is 75.4 Å². The highest BCUT2D eigenvalue weighted by molar-refractivity contribution is 5.86. The van der Waals surface area contributed by atoms with E-state index in [1.807, 2.05) is 0 Å². The average Bonchev–Trinajstić information content (AvgIpc) is 3.14. The number of fused-ring (bicyclic) bond motifs is 4. The van der Waals surface area contributed by atoms with Crippen molar-refractivity contribution < 1.29 is 4.42 Å². The average molecular weight is 324 g/mol. The second kappa shape index (κ2) is 5.10. The van der Waals surface area contributed by atoms with Gasteiger partial charge in [-0.3, -0.25) is 0 Å². The van der Waals surface area contributed by atoms with E-state index in [0.717, 1.165) is 23.3 Å². The summed E-state index contributed by atoms with van der Waals surface area (Å²) < 4.78 is 6.15. The zero-order chi connectivity index (χ0) is 17.1. The van der Waals surface area contributed by atoms with E-state index in [1.54, 1.807) is 0 Å². The van der Waals surface area contributed by atoms with Crippen LogP contribution in [0.2, 0.25) is 0 Å². The number of aryl methyl sites for hydroxylation is 3. The first kappa shape index (κ1) is 14.5. The van der Waals surface area contributed by atoms with Crippen LogP contribution in [0.4, 0.5) is 0 Å². The first-order valence-corrected chi connectivity index (χ1v) is 8.82. The van der Waals surface area contributed by atoms with E-state index in [9.17, 15) is 0 Å². The molecule has 25 heavy (non-hydrogen) atoms. The van der Waals surface area contributed by atoms with E-state index >= 15 is 0 Å². The Hall–Kier alpha value is -2.80. The molecule has 1 aromatic heterocycles. The Bertz CT molecular complexity index is 1110. The molecule has 122 valence electrons. The summed E-state index contributed by atoms with van der Waals surface area (Å²) in [5.74, 6) is 0.954. The normalized spacial score (nSPS) is 12.4. The van der Waals surface area contributed by atoms with Gasteiger partial charge in [0.05, 0.1) is 0 Å². The Balaban J connectivity index is 1.61. The molecule has 0 saturated heterocycles. The van der Waals surface area contributed by atoms with Crippen LogP contribution in [-0.2, 0) is 6.42 Å². The molecule has 0 saturated carbocycles. The highest BCUT2D eigenvalue weighted by atomic mass is 16.3. The van der Waals surface area contributed by atoms with Gasteiger partial charge in [-0.15, -0.1) is 0 Å². The first-order chi connectivity index (χ1) is 12.1. The maximum absolute atomic E-state index is 6.15. The van der Waals surface area contributed by atoms with Gasteiger partial charge in [0.15, 0.2) is 0 Å². The van der Waals surface area contributed by atoms with E-state index in [-0.39, 0.29) is 0 Å². The standard InChI is InChI=1S/C24H20O/c1-14-4-6-21-18(8-14)12-19-11-17(5-7-22(19)21)24-13-20-9-15(2)16(3)10-23(20)25-24/h4-11,13H,12H2,1-3H3. The van der Waals surface area contributed by atoms with Crippen molar-refractivity contribution in [2.75, 3.05) is 0 Å². The monoisotopic (exact) mass is 324 g/mol. The van der Waals surface area contributed by atoms with Crippen molar-refractivity contribution in [3.63, 3.8) is 0 Å². The lowest BCUT2D eigenvalue weighted by Gasteiger charge is -2.03. The number of furan rings is 1. The van der Waals surface area contributed by atoms with Crippen LogP contribution in [-0.4, -0.2) is 0 Å². The third-order valence-electron chi connectivity index (χ3n) is 5.45. The predicted octanol–water partition coefficient (Wildman–Crippen LogP) is 6.60. The summed E-state index contributed by atoms with van der Waals surface area (Å²) in [6, 6.07) is 20.0. The van der Waals surface area contributed by atoms with Gasteiger partial charge in [-0.1, -0.05) is 35.9 Å². The van der Waals surface area contributed by atoms with Gasteiger partial charge in [-0.2, -0.15) is 0 Å². The van der Waals surface area contributed by atoms with E-state index in [4.69, 9.17) is 4.42 Å². The summed E-state index contributed by atoms with van der Waals surface area (Å²) in [6.45, 7) is 6.44. The molecule has 0 bridgehead atoms. The molecule has 5 rings (SSSR count). The smallest absolute Gasteiger partial charge is 0.135 e. The van der Waals surface area contributed by atoms with Crippen LogP contribution < -0.4 is 0 Å². The Morgan fingerprint density at radius 1 is 0.720 bits per heavy atom. The summed E-state index contributed by atoms with van der Waals surface area (Å²) in [4.78, 5) is 0. The summed E-state index contributed by atoms with van der Waals surface area (Å²) in [6.07, 6.45) is 1.01. The maximum Gasteiger partial charge on any atom is 0.135 e. The maximum atomic E-state index is 6.15. The Labute approximate surface area is 147 Å². The highest BCUT2D eigenvalue weighted by Crippen LogP contribution is 2.39. The minimum Gasteiger partial charge on any atom is -0.456 e. The molecule has 0 aliphatic heterocycles. The SMILES string of the molecule is Cc1ccc2c(c1)Cc1cc(-c3cc4cc(C)c(C)cc4o3)ccc1-2. The van der Waals surface area contributed by atoms with Gasteiger partial charge >= 0.3 is 0 Å². The molecule has 0 fully saturated rings. The van der Waals surface area contributed by atoms with Crippen molar-refractivity contribution in [2.24, 2.45) is 0 Å². The molecule has 0 unspecified atom stereocenters. The van der Waals surface area contributed by atoms with Crippen LogP contribution in [0.1, 0.15) is 27.8 Å². The first-order valence-electron chi connectivity index (χ1n) is 8.82. The topological polar surface area (TPSA) is 13.1 Å². The zero-order valence-corrected chi connectivity index (χ0v) is 14.8. The van der Waals surface area contributed by atoms with E-state index < -0.39 is 0 Å². The molecule has 0 N–H and O–H groups in total. The van der Waals surface area contributed by atoms with Gasteiger partial charge in [-0.25, -0.2) is 0 Å². The van der Waals surface area contributed by atoms with Gasteiger partial charge in [0.1, 0.15) is 11.3 Å². The molecule has 1 heterocycles. The summed E-state index contributed by atoms with van der Waals surface area (Å²) in [5.41, 5.74) is 11.6. The Morgan fingerprint density at radius 2 is 1.44 bits per heavy atom. The summed E-state index contributed by atoms with van der Waals surface area (Å²) in [5, 5.41) is 1.18. The van der Waals surface area contributed by atoms with Gasteiger partial charge in [-0.05, 0) is 84.8 Å². The van der Waals surface area contributed by atoms with Crippen LogP contribution in [0.3, 0.4) is 0 Å². The highest BCUT2D eigenvalue weighted by Gasteiger charge is 2.19. The number of benzene rings is 3. The van der Waals surface area contributed by atoms with Crippen molar-refractivity contribution in [2.45, 2.75) is 27.2 Å². The lowest BCUT2D eigenvalue weighted by molar-refractivity contribution is 0.631. The second-order valence-electron chi connectivity index (χ2n) is 7.29. The summed E-state index contributed by atoms with van der Waals surface area (Å²) in [7, 11) is 0. The summed E-state index contributed by atoms with van der Waals surface area (Å²) >= 11 is 0. The molecule has 1 heteroatoms. The minimum atomic E-state index is 0.954. The molecule has 0 radical (unpaired) electrons. The molecule has 1 nitrogen and oxygen atoms in total. The van der Waals surface area contributed by atoms with Crippen LogP contribution in [0, 0.1) is 20.8 Å². The molecule has 0 spiro atoms. The minimum absolute atomic E-state index is 0.954. The van der Waals surface area contributed by atoms with Crippen molar-refractivity contribution >= 4 is 11.0 Å². The zero-order valence-electron chi connectivity index (χ0n) is 14.8. The van der Waals surface area contributed by atoms with E-state index in [1.165, 1.54) is 44.3 Å². The number of hydrogen-bond donors (Lipinski definition) is 0. The van der Waals surface area contributed by atoms with Crippen LogP contribution in [0.5, 0.6) is 0 Å². The quantitative estimate of drug-likeness (QED) is 0.339. The molecule has 3 aromatic carbocycles. The molecule has 0 atom stereocenters. The number of rotatable bonds is 1. The second-order valence-corrected chi connectivity index (χ2v) is 7.29. The van der Waals surface area contributed by atoms with Gasteiger partial charge < -0.3 is 4.42 Å².